The van der Waals surface area contributed by atoms with E-state index in [1.54, 1.807) is 7.11 Å². The van der Waals surface area contributed by atoms with E-state index < -0.39 is 0 Å². The number of rotatable bonds is 4. The molecule has 6 heteroatoms. The number of hydrogen-bond acceptors (Lipinski definition) is 4. The van der Waals surface area contributed by atoms with Gasteiger partial charge in [-0.05, 0) is 56.0 Å². The predicted molar refractivity (Wildman–Crippen MR) is 106 cm³/mol. The zero-order valence-electron chi connectivity index (χ0n) is 15.7. The number of para-hydroxylation sites is 1. The third-order valence-electron chi connectivity index (χ3n) is 6.06. The molecule has 0 N–H and O–H groups in total. The number of hydrogen-bond donors (Lipinski definition) is 0. The molecule has 0 spiro atoms. The largest absolute Gasteiger partial charge is 0.496 e. The Kier molecular flexibility index (Phi) is 5.14. The lowest BCUT2D eigenvalue weighted by atomic mass is 9.78. The van der Waals surface area contributed by atoms with Crippen LogP contribution in [-0.4, -0.2) is 38.9 Å². The van der Waals surface area contributed by atoms with Gasteiger partial charge in [-0.1, -0.05) is 25.0 Å². The minimum absolute atomic E-state index is 0.705. The van der Waals surface area contributed by atoms with Crippen LogP contribution in [0.1, 0.15) is 38.5 Å². The molecule has 1 aromatic carbocycles. The number of likely N-dealkylation sites (tertiary alicyclic amines) is 1. The highest BCUT2D eigenvalue weighted by Crippen LogP contribution is 2.35. The monoisotopic (exact) mass is 372 g/mol. The first-order valence-corrected chi connectivity index (χ1v) is 10.1. The third-order valence-corrected chi connectivity index (χ3v) is 6.55. The first kappa shape index (κ1) is 17.7. The van der Waals surface area contributed by atoms with Gasteiger partial charge in [-0.25, -0.2) is 4.68 Å². The van der Waals surface area contributed by atoms with Crippen molar-refractivity contribution in [3.05, 3.63) is 29.0 Å². The molecule has 0 radical (unpaired) electrons. The number of benzene rings is 1. The quantitative estimate of drug-likeness (QED) is 0.752. The molecule has 2 aliphatic rings. The SMILES string of the molecule is COc1ccccc1-c1nn(CN2CCC[C@@H]3CCCC[C@@H]32)c(=S)n1C. The van der Waals surface area contributed by atoms with Gasteiger partial charge in [0.05, 0.1) is 19.3 Å². The number of nitrogens with zero attached hydrogens (tertiary/aromatic N) is 4. The second kappa shape index (κ2) is 7.53. The van der Waals surface area contributed by atoms with Crippen LogP contribution in [0.25, 0.3) is 11.4 Å². The minimum atomic E-state index is 0.705. The standard InChI is InChI=1S/C20H28N4OS/c1-22-19(16-10-4-6-12-18(16)25-2)21-24(20(22)26)14-23-13-7-9-15-8-3-5-11-17(15)23/h4,6,10,12,15,17H,3,5,7-9,11,13-14H2,1-2H3/t15-,17-/m0/s1. The summed E-state index contributed by atoms with van der Waals surface area (Å²) in [7, 11) is 3.69. The zero-order chi connectivity index (χ0) is 18.1. The van der Waals surface area contributed by atoms with Crippen molar-refractivity contribution in [1.82, 2.24) is 19.2 Å². The van der Waals surface area contributed by atoms with Gasteiger partial charge in [0, 0.05) is 19.6 Å². The van der Waals surface area contributed by atoms with Crippen molar-refractivity contribution in [3.8, 4) is 17.1 Å². The van der Waals surface area contributed by atoms with Gasteiger partial charge in [0.2, 0.25) is 0 Å². The highest BCUT2D eigenvalue weighted by atomic mass is 32.1. The lowest BCUT2D eigenvalue weighted by Gasteiger charge is -2.43. The number of ether oxygens (including phenoxy) is 1. The van der Waals surface area contributed by atoms with Gasteiger partial charge in [-0.2, -0.15) is 5.10 Å². The van der Waals surface area contributed by atoms with Crippen LogP contribution in [0.4, 0.5) is 0 Å². The van der Waals surface area contributed by atoms with E-state index in [1.807, 2.05) is 40.6 Å². The molecular formula is C20H28N4OS. The maximum atomic E-state index is 5.70. The normalized spacial score (nSPS) is 23.6. The second-order valence-corrected chi connectivity index (χ2v) is 7.94. The summed E-state index contributed by atoms with van der Waals surface area (Å²) in [5.74, 6) is 2.56. The molecule has 1 aromatic heterocycles. The predicted octanol–water partition coefficient (Wildman–Crippen LogP) is 4.24. The summed E-state index contributed by atoms with van der Waals surface area (Å²) < 4.78 is 10.3. The van der Waals surface area contributed by atoms with E-state index in [0.29, 0.717) is 6.04 Å². The summed E-state index contributed by atoms with van der Waals surface area (Å²) >= 11 is 5.70. The summed E-state index contributed by atoms with van der Waals surface area (Å²) in [5.41, 5.74) is 0.983. The second-order valence-electron chi connectivity index (χ2n) is 7.57. The topological polar surface area (TPSA) is 35.2 Å². The zero-order valence-corrected chi connectivity index (χ0v) is 16.5. The number of fused-ring (bicyclic) bond motifs is 1. The minimum Gasteiger partial charge on any atom is -0.496 e. The van der Waals surface area contributed by atoms with E-state index in [-0.39, 0.29) is 0 Å². The van der Waals surface area contributed by atoms with E-state index in [0.717, 1.165) is 41.0 Å². The summed E-state index contributed by atoms with van der Waals surface area (Å²) in [6, 6.07) is 8.70. The Morgan fingerprint density at radius 3 is 2.77 bits per heavy atom. The molecule has 1 saturated heterocycles. The van der Waals surface area contributed by atoms with Gasteiger partial charge in [0.15, 0.2) is 10.6 Å². The summed E-state index contributed by atoms with van der Waals surface area (Å²) in [6.45, 7) is 1.95. The number of methoxy groups -OCH3 is 1. The van der Waals surface area contributed by atoms with E-state index in [9.17, 15) is 0 Å². The van der Waals surface area contributed by atoms with Crippen LogP contribution >= 0.6 is 12.2 Å². The number of piperidine rings is 1. The maximum Gasteiger partial charge on any atom is 0.199 e. The van der Waals surface area contributed by atoms with Crippen molar-refractivity contribution in [2.75, 3.05) is 13.7 Å². The third kappa shape index (κ3) is 3.21. The average molecular weight is 373 g/mol. The summed E-state index contributed by atoms with van der Waals surface area (Å²) in [4.78, 5) is 2.61. The van der Waals surface area contributed by atoms with E-state index in [1.165, 1.54) is 38.5 Å². The van der Waals surface area contributed by atoms with Crippen LogP contribution in [0.15, 0.2) is 24.3 Å². The van der Waals surface area contributed by atoms with Crippen molar-refractivity contribution in [2.24, 2.45) is 13.0 Å². The molecule has 0 unspecified atom stereocenters. The van der Waals surface area contributed by atoms with Crippen molar-refractivity contribution in [2.45, 2.75) is 51.2 Å². The molecule has 140 valence electrons. The van der Waals surface area contributed by atoms with Crippen LogP contribution in [0.5, 0.6) is 5.75 Å². The molecule has 2 aromatic rings. The molecule has 2 fully saturated rings. The van der Waals surface area contributed by atoms with E-state index >= 15 is 0 Å². The Morgan fingerprint density at radius 2 is 1.92 bits per heavy atom. The van der Waals surface area contributed by atoms with Crippen LogP contribution in [0.2, 0.25) is 0 Å². The lowest BCUT2D eigenvalue weighted by Crippen LogP contribution is -2.47. The molecule has 0 amide bonds. The fraction of sp³-hybridized carbons (Fsp3) is 0.600. The lowest BCUT2D eigenvalue weighted by molar-refractivity contribution is 0.0323. The van der Waals surface area contributed by atoms with Gasteiger partial charge in [0.1, 0.15) is 5.75 Å². The first-order valence-electron chi connectivity index (χ1n) is 9.70. The maximum absolute atomic E-state index is 5.70. The van der Waals surface area contributed by atoms with Gasteiger partial charge in [0.25, 0.3) is 0 Å². The molecule has 26 heavy (non-hydrogen) atoms. The van der Waals surface area contributed by atoms with Crippen molar-refractivity contribution >= 4 is 12.2 Å². The smallest absolute Gasteiger partial charge is 0.199 e. The van der Waals surface area contributed by atoms with Gasteiger partial charge >= 0.3 is 0 Å². The molecule has 1 aliphatic carbocycles. The Balaban J connectivity index is 1.63. The molecule has 5 nitrogen and oxygen atoms in total. The molecule has 1 aliphatic heterocycles. The molecule has 0 bridgehead atoms. The molecular weight excluding hydrogens is 344 g/mol. The van der Waals surface area contributed by atoms with Crippen LogP contribution in [0.3, 0.4) is 0 Å². The number of aromatic nitrogens is 3. The average Bonchev–Trinajstić information content (AvgIpc) is 2.96. The van der Waals surface area contributed by atoms with Crippen LogP contribution in [-0.2, 0) is 13.7 Å². The van der Waals surface area contributed by atoms with Crippen LogP contribution in [0, 0.1) is 10.7 Å². The summed E-state index contributed by atoms with van der Waals surface area (Å²) in [5, 5.41) is 4.87. The fourth-order valence-corrected chi connectivity index (χ4v) is 4.90. The van der Waals surface area contributed by atoms with E-state index in [4.69, 9.17) is 22.1 Å². The molecule has 4 rings (SSSR count). The molecule has 1 saturated carbocycles. The molecule has 2 heterocycles. The highest BCUT2D eigenvalue weighted by molar-refractivity contribution is 7.71. The van der Waals surface area contributed by atoms with Gasteiger partial charge < -0.3 is 9.30 Å². The van der Waals surface area contributed by atoms with Gasteiger partial charge in [-0.15, -0.1) is 0 Å². The summed E-state index contributed by atoms with van der Waals surface area (Å²) in [6.07, 6.45) is 8.15. The Morgan fingerprint density at radius 1 is 1.15 bits per heavy atom. The van der Waals surface area contributed by atoms with Crippen molar-refractivity contribution in [1.29, 1.82) is 0 Å². The van der Waals surface area contributed by atoms with Crippen LogP contribution < -0.4 is 4.74 Å². The highest BCUT2D eigenvalue weighted by Gasteiger charge is 2.33. The van der Waals surface area contributed by atoms with Crippen molar-refractivity contribution in [3.63, 3.8) is 0 Å². The first-order chi connectivity index (χ1) is 12.7. The van der Waals surface area contributed by atoms with E-state index in [2.05, 4.69) is 4.90 Å². The van der Waals surface area contributed by atoms with Crippen molar-refractivity contribution < 1.29 is 4.74 Å². The Hall–Kier alpha value is -1.66. The Bertz CT molecular complexity index is 825. The molecule has 2 atom stereocenters. The van der Waals surface area contributed by atoms with Gasteiger partial charge in [-0.3, -0.25) is 4.90 Å². The Labute approximate surface area is 160 Å². The fourth-order valence-electron chi connectivity index (χ4n) is 4.72.